The van der Waals surface area contributed by atoms with E-state index in [2.05, 4.69) is 5.92 Å². The van der Waals surface area contributed by atoms with Gasteiger partial charge in [0.1, 0.15) is 0 Å². The minimum atomic E-state index is -0.319. The molecule has 1 aliphatic carbocycles. The molecule has 44 valence electrons. The molecule has 1 saturated carbocycles. The van der Waals surface area contributed by atoms with Crippen molar-refractivity contribution in [2.45, 2.75) is 25.3 Å². The van der Waals surface area contributed by atoms with Gasteiger partial charge >= 0.3 is 0 Å². The first-order chi connectivity index (χ1) is 3.67. The molecule has 8 heavy (non-hydrogen) atoms. The van der Waals surface area contributed by atoms with Crippen LogP contribution in [0.1, 0.15) is 19.8 Å². The zero-order chi connectivity index (χ0) is 6.20. The van der Waals surface area contributed by atoms with Crippen molar-refractivity contribution in [3.63, 3.8) is 0 Å². The van der Waals surface area contributed by atoms with Crippen LogP contribution in [0.3, 0.4) is 0 Å². The Bertz CT molecular complexity index is 126. The molecule has 0 bridgehead atoms. The quantitative estimate of drug-likeness (QED) is 0.494. The average molecular weight is 109 g/mol. The molecular formula is C7H11N. The third-order valence-corrected chi connectivity index (χ3v) is 1.74. The molecule has 0 unspecified atom stereocenters. The normalized spacial score (nSPS) is 26.1. The van der Waals surface area contributed by atoms with E-state index in [1.807, 2.05) is 6.92 Å². The molecule has 2 N–H and O–H groups in total. The van der Waals surface area contributed by atoms with E-state index in [9.17, 15) is 0 Å². The fourth-order valence-corrected chi connectivity index (χ4v) is 0.801. The lowest BCUT2D eigenvalue weighted by molar-refractivity contribution is 0.530. The number of hydrogen-bond acceptors (Lipinski definition) is 1. The average Bonchev–Trinajstić information content (AvgIpc) is 2.44. The molecule has 0 aliphatic heterocycles. The summed E-state index contributed by atoms with van der Waals surface area (Å²) >= 11 is 0. The summed E-state index contributed by atoms with van der Waals surface area (Å²) in [4.78, 5) is 0. The number of rotatable bonds is 1. The zero-order valence-electron chi connectivity index (χ0n) is 5.15. The van der Waals surface area contributed by atoms with Gasteiger partial charge in [0.15, 0.2) is 0 Å². The Balaban J connectivity index is 2.53. The summed E-state index contributed by atoms with van der Waals surface area (Å²) in [6, 6.07) is 0. The summed E-state index contributed by atoms with van der Waals surface area (Å²) in [6.07, 6.45) is 7.61. The van der Waals surface area contributed by atoms with Crippen molar-refractivity contribution >= 4 is 0 Å². The van der Waals surface area contributed by atoms with Gasteiger partial charge in [0, 0.05) is 0 Å². The van der Waals surface area contributed by atoms with E-state index in [1.165, 1.54) is 12.8 Å². The molecule has 1 heteroatoms. The largest absolute Gasteiger partial charge is 0.315 e. The molecule has 0 radical (unpaired) electrons. The SMILES string of the molecule is C#C[C@@](C)(N)C1CC1. The first kappa shape index (κ1) is 5.65. The second-order valence-corrected chi connectivity index (χ2v) is 2.70. The summed E-state index contributed by atoms with van der Waals surface area (Å²) in [7, 11) is 0. The van der Waals surface area contributed by atoms with Crippen LogP contribution >= 0.6 is 0 Å². The van der Waals surface area contributed by atoms with Crippen LogP contribution in [0.2, 0.25) is 0 Å². The Morgan fingerprint density at radius 1 is 1.75 bits per heavy atom. The van der Waals surface area contributed by atoms with Gasteiger partial charge in [-0.15, -0.1) is 6.42 Å². The summed E-state index contributed by atoms with van der Waals surface area (Å²) < 4.78 is 0. The molecule has 1 fully saturated rings. The van der Waals surface area contributed by atoms with E-state index >= 15 is 0 Å². The minimum Gasteiger partial charge on any atom is -0.315 e. The van der Waals surface area contributed by atoms with Crippen molar-refractivity contribution in [3.05, 3.63) is 0 Å². The highest BCUT2D eigenvalue weighted by molar-refractivity contribution is 5.15. The molecule has 1 aliphatic rings. The van der Waals surface area contributed by atoms with E-state index in [-0.39, 0.29) is 5.54 Å². The predicted octanol–water partition coefficient (Wildman–Crippen LogP) is 0.747. The van der Waals surface area contributed by atoms with Crippen LogP contribution in [0, 0.1) is 18.3 Å². The molecule has 0 aromatic carbocycles. The standard InChI is InChI=1S/C7H11N/c1-3-7(2,8)6-4-5-6/h1,6H,4-5,8H2,2H3/t7-/m1/s1. The van der Waals surface area contributed by atoms with Crippen LogP contribution in [0.4, 0.5) is 0 Å². The van der Waals surface area contributed by atoms with Gasteiger partial charge in [-0.05, 0) is 25.7 Å². The van der Waals surface area contributed by atoms with Crippen molar-refractivity contribution in [1.82, 2.24) is 0 Å². The Morgan fingerprint density at radius 3 is 2.38 bits per heavy atom. The first-order valence-electron chi connectivity index (χ1n) is 2.93. The molecule has 0 aromatic heterocycles. The van der Waals surface area contributed by atoms with Crippen LogP contribution in [0.5, 0.6) is 0 Å². The summed E-state index contributed by atoms with van der Waals surface area (Å²) in [5.41, 5.74) is 5.37. The summed E-state index contributed by atoms with van der Waals surface area (Å²) in [5, 5.41) is 0. The number of hydrogen-bond donors (Lipinski definition) is 1. The number of nitrogens with two attached hydrogens (primary N) is 1. The van der Waals surface area contributed by atoms with Crippen molar-refractivity contribution in [2.75, 3.05) is 0 Å². The van der Waals surface area contributed by atoms with Crippen molar-refractivity contribution in [1.29, 1.82) is 0 Å². The van der Waals surface area contributed by atoms with E-state index < -0.39 is 0 Å². The molecular weight excluding hydrogens is 98.1 g/mol. The zero-order valence-corrected chi connectivity index (χ0v) is 5.15. The van der Waals surface area contributed by atoms with Crippen LogP contribution < -0.4 is 5.73 Å². The van der Waals surface area contributed by atoms with Gasteiger partial charge in [-0.1, -0.05) is 5.92 Å². The molecule has 0 heterocycles. The Morgan fingerprint density at radius 2 is 2.25 bits per heavy atom. The maximum atomic E-state index is 5.69. The maximum absolute atomic E-state index is 5.69. The van der Waals surface area contributed by atoms with Crippen LogP contribution in [0.25, 0.3) is 0 Å². The van der Waals surface area contributed by atoms with Crippen molar-refractivity contribution in [2.24, 2.45) is 11.7 Å². The molecule has 0 spiro atoms. The smallest absolute Gasteiger partial charge is 0.0773 e. The van der Waals surface area contributed by atoms with Gasteiger partial charge < -0.3 is 5.73 Å². The van der Waals surface area contributed by atoms with Crippen molar-refractivity contribution < 1.29 is 0 Å². The second kappa shape index (κ2) is 1.50. The van der Waals surface area contributed by atoms with Crippen LogP contribution in [0.15, 0.2) is 0 Å². The maximum Gasteiger partial charge on any atom is 0.0773 e. The van der Waals surface area contributed by atoms with Gasteiger partial charge in [0.05, 0.1) is 5.54 Å². The summed E-state index contributed by atoms with van der Waals surface area (Å²) in [6.45, 7) is 1.92. The second-order valence-electron chi connectivity index (χ2n) is 2.70. The molecule has 0 aromatic rings. The Labute approximate surface area is 50.3 Å². The topological polar surface area (TPSA) is 26.0 Å². The third-order valence-electron chi connectivity index (χ3n) is 1.74. The van der Waals surface area contributed by atoms with E-state index in [0.717, 1.165) is 0 Å². The van der Waals surface area contributed by atoms with Gasteiger partial charge in [0.2, 0.25) is 0 Å². The summed E-state index contributed by atoms with van der Waals surface area (Å²) in [5.74, 6) is 3.19. The lowest BCUT2D eigenvalue weighted by Crippen LogP contribution is -2.36. The molecule has 1 rings (SSSR count). The highest BCUT2D eigenvalue weighted by Crippen LogP contribution is 2.37. The van der Waals surface area contributed by atoms with E-state index in [0.29, 0.717) is 5.92 Å². The third kappa shape index (κ3) is 0.850. The molecule has 1 atom stereocenters. The highest BCUT2D eigenvalue weighted by Gasteiger charge is 2.36. The highest BCUT2D eigenvalue weighted by atomic mass is 14.7. The van der Waals surface area contributed by atoms with Gasteiger partial charge in [0.25, 0.3) is 0 Å². The fraction of sp³-hybridized carbons (Fsp3) is 0.714. The van der Waals surface area contributed by atoms with Crippen LogP contribution in [-0.2, 0) is 0 Å². The van der Waals surface area contributed by atoms with Gasteiger partial charge in [-0.25, -0.2) is 0 Å². The van der Waals surface area contributed by atoms with E-state index in [4.69, 9.17) is 12.2 Å². The Hall–Kier alpha value is -0.480. The van der Waals surface area contributed by atoms with Crippen LogP contribution in [-0.4, -0.2) is 5.54 Å². The van der Waals surface area contributed by atoms with E-state index in [1.54, 1.807) is 0 Å². The Kier molecular flexibility index (Phi) is 1.06. The molecule has 1 nitrogen and oxygen atoms in total. The molecule has 0 saturated heterocycles. The lowest BCUT2D eigenvalue weighted by Gasteiger charge is -2.14. The fourth-order valence-electron chi connectivity index (χ4n) is 0.801. The van der Waals surface area contributed by atoms with Gasteiger partial charge in [-0.2, -0.15) is 0 Å². The van der Waals surface area contributed by atoms with Gasteiger partial charge in [-0.3, -0.25) is 0 Å². The number of terminal acetylenes is 1. The minimum absolute atomic E-state index is 0.319. The monoisotopic (exact) mass is 109 g/mol. The first-order valence-corrected chi connectivity index (χ1v) is 2.93. The predicted molar refractivity (Wildman–Crippen MR) is 34.1 cm³/mol. The lowest BCUT2D eigenvalue weighted by atomic mass is 9.99. The molecule has 0 amide bonds. The van der Waals surface area contributed by atoms with Crippen molar-refractivity contribution in [3.8, 4) is 12.3 Å².